The van der Waals surface area contributed by atoms with E-state index in [1.165, 1.54) is 6.08 Å². The minimum absolute atomic E-state index is 0.000671. The van der Waals surface area contributed by atoms with E-state index < -0.39 is 21.3 Å². The number of aliphatic hydroxyl groups is 1. The van der Waals surface area contributed by atoms with E-state index in [-0.39, 0.29) is 5.76 Å². The van der Waals surface area contributed by atoms with Crippen molar-refractivity contribution in [2.45, 2.75) is 12.2 Å². The number of benzene rings is 1. The summed E-state index contributed by atoms with van der Waals surface area (Å²) in [6, 6.07) is 6.94. The average molecular weight is 240 g/mol. The molecule has 0 saturated heterocycles. The summed E-state index contributed by atoms with van der Waals surface area (Å²) in [6.07, 6.45) is 1.47. The van der Waals surface area contributed by atoms with Gasteiger partial charge < -0.3 is 5.11 Å². The highest BCUT2D eigenvalue weighted by Gasteiger charge is 2.32. The normalized spacial score (nSPS) is 24.8. The van der Waals surface area contributed by atoms with Crippen LogP contribution < -0.4 is 10.4 Å². The van der Waals surface area contributed by atoms with Crippen LogP contribution in [0.1, 0.15) is 6.92 Å². The first-order valence-corrected chi connectivity index (χ1v) is 6.38. The quantitative estimate of drug-likeness (QED) is 0.680. The molecule has 2 atom stereocenters. The standard InChI is InChI=1S/C11H12O4S/c1-7-10(16(13,14)15)6-8-4-2-3-5-9(8)11(7)12/h2-7,10,12H,1H3,(H,13,14,15). The lowest BCUT2D eigenvalue weighted by Gasteiger charge is -2.21. The molecule has 2 unspecified atom stereocenters. The first kappa shape index (κ1) is 11.2. The van der Waals surface area contributed by atoms with Crippen LogP contribution in [0.3, 0.4) is 0 Å². The molecule has 0 spiro atoms. The SMILES string of the molecule is CC1C(O)=c2ccccc2=CC1S(=O)(=O)O. The van der Waals surface area contributed by atoms with Crippen LogP contribution in [-0.2, 0) is 10.1 Å². The molecule has 1 aromatic carbocycles. The largest absolute Gasteiger partial charge is 0.511 e. The zero-order chi connectivity index (χ0) is 11.9. The molecule has 1 aliphatic carbocycles. The van der Waals surface area contributed by atoms with Gasteiger partial charge in [0.05, 0.1) is 0 Å². The van der Waals surface area contributed by atoms with Crippen molar-refractivity contribution in [3.05, 3.63) is 34.7 Å². The maximum Gasteiger partial charge on any atom is 0.272 e. The molecule has 0 aliphatic heterocycles. The summed E-state index contributed by atoms with van der Waals surface area (Å²) in [6.45, 7) is 1.57. The lowest BCUT2D eigenvalue weighted by atomic mass is 9.96. The van der Waals surface area contributed by atoms with Crippen molar-refractivity contribution in [1.29, 1.82) is 0 Å². The van der Waals surface area contributed by atoms with Gasteiger partial charge in [-0.3, -0.25) is 4.55 Å². The van der Waals surface area contributed by atoms with Crippen LogP contribution in [0.25, 0.3) is 11.8 Å². The molecule has 86 valence electrons. The first-order valence-electron chi connectivity index (χ1n) is 4.87. The Morgan fingerprint density at radius 3 is 2.50 bits per heavy atom. The Morgan fingerprint density at radius 1 is 1.25 bits per heavy atom. The zero-order valence-corrected chi connectivity index (χ0v) is 9.48. The topological polar surface area (TPSA) is 74.6 Å². The molecule has 0 heterocycles. The molecule has 2 N–H and O–H groups in total. The van der Waals surface area contributed by atoms with Gasteiger partial charge in [0.15, 0.2) is 0 Å². The molecule has 0 aromatic heterocycles. The van der Waals surface area contributed by atoms with E-state index in [2.05, 4.69) is 0 Å². The summed E-state index contributed by atoms with van der Waals surface area (Å²) >= 11 is 0. The van der Waals surface area contributed by atoms with Crippen LogP contribution >= 0.6 is 0 Å². The van der Waals surface area contributed by atoms with Crippen molar-refractivity contribution in [2.24, 2.45) is 5.92 Å². The number of hydrogen-bond acceptors (Lipinski definition) is 3. The Labute approximate surface area is 93.3 Å². The van der Waals surface area contributed by atoms with Gasteiger partial charge in [-0.25, -0.2) is 0 Å². The third-order valence-corrected chi connectivity index (χ3v) is 4.08. The van der Waals surface area contributed by atoms with Crippen LogP contribution in [0.5, 0.6) is 0 Å². The summed E-state index contributed by atoms with van der Waals surface area (Å²) in [5.41, 5.74) is 0. The van der Waals surface area contributed by atoms with Crippen LogP contribution in [0.2, 0.25) is 0 Å². The molecule has 0 radical (unpaired) electrons. The van der Waals surface area contributed by atoms with E-state index in [4.69, 9.17) is 4.55 Å². The number of rotatable bonds is 1. The molecular formula is C11H12O4S. The first-order chi connectivity index (χ1) is 7.41. The van der Waals surface area contributed by atoms with Gasteiger partial charge in [0.1, 0.15) is 11.0 Å². The molecule has 2 rings (SSSR count). The molecule has 0 bridgehead atoms. The number of hydrogen-bond donors (Lipinski definition) is 2. The molecular weight excluding hydrogens is 228 g/mol. The second-order valence-corrected chi connectivity index (χ2v) is 5.48. The Bertz CT molecular complexity index is 630. The van der Waals surface area contributed by atoms with Crippen molar-refractivity contribution in [1.82, 2.24) is 0 Å². The molecule has 5 heteroatoms. The Kier molecular flexibility index (Phi) is 2.52. The van der Waals surface area contributed by atoms with Gasteiger partial charge in [-0.15, -0.1) is 0 Å². The van der Waals surface area contributed by atoms with Crippen LogP contribution in [-0.4, -0.2) is 23.3 Å². The van der Waals surface area contributed by atoms with E-state index >= 15 is 0 Å². The monoisotopic (exact) mass is 240 g/mol. The summed E-state index contributed by atoms with van der Waals surface area (Å²) in [5, 5.41) is 10.0. The lowest BCUT2D eigenvalue weighted by Crippen LogP contribution is -2.40. The molecule has 0 amide bonds. The zero-order valence-electron chi connectivity index (χ0n) is 8.66. The summed E-state index contributed by atoms with van der Waals surface area (Å²) in [5.74, 6) is -0.634. The average Bonchev–Trinajstić information content (AvgIpc) is 2.22. The van der Waals surface area contributed by atoms with Gasteiger partial charge in [0.25, 0.3) is 10.1 Å². The van der Waals surface area contributed by atoms with Gasteiger partial charge in [-0.05, 0) is 5.22 Å². The van der Waals surface area contributed by atoms with E-state index in [1.54, 1.807) is 31.2 Å². The third-order valence-electron chi connectivity index (χ3n) is 2.85. The van der Waals surface area contributed by atoms with Crippen molar-refractivity contribution >= 4 is 22.0 Å². The van der Waals surface area contributed by atoms with Crippen LogP contribution in [0.15, 0.2) is 24.3 Å². The van der Waals surface area contributed by atoms with Gasteiger partial charge >= 0.3 is 0 Å². The second-order valence-electron chi connectivity index (χ2n) is 3.91. The highest BCUT2D eigenvalue weighted by molar-refractivity contribution is 7.86. The predicted molar refractivity (Wildman–Crippen MR) is 60.7 cm³/mol. The van der Waals surface area contributed by atoms with Crippen molar-refractivity contribution < 1.29 is 18.1 Å². The predicted octanol–water partition coefficient (Wildman–Crippen LogP) is 0.0394. The van der Waals surface area contributed by atoms with Gasteiger partial charge in [-0.1, -0.05) is 37.3 Å². The highest BCUT2D eigenvalue weighted by Crippen LogP contribution is 2.21. The minimum atomic E-state index is -4.19. The molecule has 16 heavy (non-hydrogen) atoms. The van der Waals surface area contributed by atoms with Gasteiger partial charge in [0.2, 0.25) is 0 Å². The molecule has 0 fully saturated rings. The number of aliphatic hydroxyl groups excluding tert-OH is 1. The Hall–Kier alpha value is -1.33. The van der Waals surface area contributed by atoms with E-state index in [0.717, 1.165) is 0 Å². The fourth-order valence-electron chi connectivity index (χ4n) is 1.94. The Morgan fingerprint density at radius 2 is 1.88 bits per heavy atom. The fourth-order valence-corrected chi connectivity index (χ4v) is 2.91. The van der Waals surface area contributed by atoms with Crippen molar-refractivity contribution in [3.8, 4) is 0 Å². The lowest BCUT2D eigenvalue weighted by molar-refractivity contribution is 0.417. The molecule has 4 nitrogen and oxygen atoms in total. The number of fused-ring (bicyclic) bond motifs is 1. The second kappa shape index (κ2) is 3.61. The van der Waals surface area contributed by atoms with E-state index in [9.17, 15) is 13.5 Å². The highest BCUT2D eigenvalue weighted by atomic mass is 32.2. The van der Waals surface area contributed by atoms with Crippen LogP contribution in [0.4, 0.5) is 0 Å². The van der Waals surface area contributed by atoms with Gasteiger partial charge in [0, 0.05) is 11.1 Å². The molecule has 1 aliphatic rings. The minimum Gasteiger partial charge on any atom is -0.511 e. The van der Waals surface area contributed by atoms with Crippen molar-refractivity contribution in [3.63, 3.8) is 0 Å². The van der Waals surface area contributed by atoms with E-state index in [1.807, 2.05) is 0 Å². The van der Waals surface area contributed by atoms with E-state index in [0.29, 0.717) is 10.4 Å². The third kappa shape index (κ3) is 1.72. The van der Waals surface area contributed by atoms with Crippen molar-refractivity contribution in [2.75, 3.05) is 0 Å². The molecule has 0 saturated carbocycles. The summed E-state index contributed by atoms with van der Waals surface area (Å²) in [7, 11) is -4.19. The van der Waals surface area contributed by atoms with Gasteiger partial charge in [-0.2, -0.15) is 8.42 Å². The maximum atomic E-state index is 11.2. The molecule has 1 aromatic rings. The maximum absolute atomic E-state index is 11.2. The fraction of sp³-hybridized carbons (Fsp3) is 0.273. The smallest absolute Gasteiger partial charge is 0.272 e. The summed E-state index contributed by atoms with van der Waals surface area (Å²) < 4.78 is 31.4. The summed E-state index contributed by atoms with van der Waals surface area (Å²) in [4.78, 5) is 0. The van der Waals surface area contributed by atoms with Crippen LogP contribution in [0, 0.1) is 5.92 Å². The Balaban J connectivity index is 2.77.